The van der Waals surface area contributed by atoms with Gasteiger partial charge in [-0.05, 0) is 30.2 Å². The summed E-state index contributed by atoms with van der Waals surface area (Å²) in [6.07, 6.45) is 1.76. The van der Waals surface area contributed by atoms with Crippen molar-refractivity contribution in [3.63, 3.8) is 0 Å². The summed E-state index contributed by atoms with van der Waals surface area (Å²) in [6, 6.07) is 8.88. The number of ether oxygens (including phenoxy) is 1. The van der Waals surface area contributed by atoms with Crippen LogP contribution in [0.25, 0.3) is 22.3 Å². The van der Waals surface area contributed by atoms with Crippen LogP contribution < -0.4 is 10.3 Å². The number of rotatable bonds is 2. The largest absolute Gasteiger partial charge is 0.618 e. The first-order valence-electron chi connectivity index (χ1n) is 9.39. The number of esters is 1. The highest BCUT2D eigenvalue weighted by Gasteiger charge is 2.45. The SMILES string of the molecule is C=C[C@@]1(O)C(=O)OCc2c1cc1n(c2=O)Cc2c(CC)c3ccccc3[n+]([O-])c2-1. The average Bonchev–Trinajstić information content (AvgIpc) is 3.12. The van der Waals surface area contributed by atoms with Crippen LogP contribution in [0.15, 0.2) is 47.8 Å². The molecule has 146 valence electrons. The van der Waals surface area contributed by atoms with Gasteiger partial charge in [-0.3, -0.25) is 9.36 Å². The number of nitrogens with zero attached hydrogens (tertiary/aromatic N) is 2. The molecule has 7 heteroatoms. The summed E-state index contributed by atoms with van der Waals surface area (Å²) in [7, 11) is 0. The molecule has 0 radical (unpaired) electrons. The third-order valence-electron chi connectivity index (χ3n) is 5.98. The molecular formula is C22H18N2O5. The summed E-state index contributed by atoms with van der Waals surface area (Å²) in [5.74, 6) is -0.884. The monoisotopic (exact) mass is 390 g/mol. The first kappa shape index (κ1) is 17.6. The number of carbonyl (C=O) groups excluding carboxylic acids is 1. The molecule has 0 saturated carbocycles. The van der Waals surface area contributed by atoms with Gasteiger partial charge in [0.15, 0.2) is 0 Å². The number of cyclic esters (lactones) is 1. The summed E-state index contributed by atoms with van der Waals surface area (Å²) < 4.78 is 7.37. The van der Waals surface area contributed by atoms with Crippen LogP contribution in [0.3, 0.4) is 0 Å². The van der Waals surface area contributed by atoms with E-state index in [0.717, 1.165) is 27.3 Å². The van der Waals surface area contributed by atoms with E-state index in [0.29, 0.717) is 23.3 Å². The molecule has 2 aliphatic rings. The lowest BCUT2D eigenvalue weighted by atomic mass is 9.88. The molecule has 29 heavy (non-hydrogen) atoms. The van der Waals surface area contributed by atoms with Crippen molar-refractivity contribution in [2.75, 3.05) is 0 Å². The Morgan fingerprint density at radius 3 is 2.83 bits per heavy atom. The highest BCUT2D eigenvalue weighted by Crippen LogP contribution is 2.38. The summed E-state index contributed by atoms with van der Waals surface area (Å²) >= 11 is 0. The van der Waals surface area contributed by atoms with Crippen molar-refractivity contribution >= 4 is 16.9 Å². The van der Waals surface area contributed by atoms with Crippen LogP contribution in [0.2, 0.25) is 0 Å². The van der Waals surface area contributed by atoms with Gasteiger partial charge >= 0.3 is 5.97 Å². The number of aryl methyl sites for hydroxylation is 1. The third kappa shape index (κ3) is 2.08. The molecule has 7 nitrogen and oxygen atoms in total. The van der Waals surface area contributed by atoms with Crippen LogP contribution >= 0.6 is 0 Å². The second-order valence-corrected chi connectivity index (χ2v) is 7.33. The van der Waals surface area contributed by atoms with E-state index in [4.69, 9.17) is 4.74 Å². The summed E-state index contributed by atoms with van der Waals surface area (Å²) in [4.78, 5) is 25.4. The van der Waals surface area contributed by atoms with Gasteiger partial charge in [0.25, 0.3) is 5.56 Å². The first-order valence-corrected chi connectivity index (χ1v) is 9.39. The zero-order valence-corrected chi connectivity index (χ0v) is 15.8. The normalized spacial score (nSPS) is 19.4. The molecule has 2 aromatic heterocycles. The van der Waals surface area contributed by atoms with Gasteiger partial charge in [-0.1, -0.05) is 25.6 Å². The Hall–Kier alpha value is -3.45. The van der Waals surface area contributed by atoms with Crippen LogP contribution in [-0.4, -0.2) is 15.6 Å². The minimum absolute atomic E-state index is 0.124. The Balaban J connectivity index is 1.90. The summed E-state index contributed by atoms with van der Waals surface area (Å²) in [5.41, 5.74) is 0.893. The van der Waals surface area contributed by atoms with E-state index in [1.54, 1.807) is 18.2 Å². The number of aromatic nitrogens is 2. The fourth-order valence-electron chi connectivity index (χ4n) is 4.52. The molecule has 2 aliphatic heterocycles. The summed E-state index contributed by atoms with van der Waals surface area (Å²) in [5, 5.41) is 24.9. The van der Waals surface area contributed by atoms with Gasteiger partial charge in [-0.25, -0.2) is 4.79 Å². The number of aliphatic hydroxyl groups is 1. The van der Waals surface area contributed by atoms with E-state index >= 15 is 0 Å². The molecule has 0 spiro atoms. The van der Waals surface area contributed by atoms with E-state index in [-0.39, 0.29) is 29.8 Å². The van der Waals surface area contributed by atoms with E-state index in [2.05, 4.69) is 6.58 Å². The molecule has 0 unspecified atom stereocenters. The molecule has 4 heterocycles. The van der Waals surface area contributed by atoms with Crippen LogP contribution in [0, 0.1) is 5.21 Å². The number of hydrogen-bond acceptors (Lipinski definition) is 5. The standard InChI is InChI=1S/C22H18N2O5/c1-3-12-13-7-5-6-8-17(13)24(28)19-14(12)10-23-18(19)9-16-15(20(23)25)11-29-21(26)22(16,27)4-2/h4-9,27H,2-3,10-11H2,1H3/t22-/m0/s1. The van der Waals surface area contributed by atoms with E-state index in [9.17, 15) is 19.9 Å². The Morgan fingerprint density at radius 1 is 1.34 bits per heavy atom. The number of carbonyl (C=O) groups is 1. The molecule has 0 aliphatic carbocycles. The number of hydrogen-bond donors (Lipinski definition) is 1. The number of fused-ring (bicyclic) bond motifs is 5. The smallest absolute Gasteiger partial charge is 0.347 e. The van der Waals surface area contributed by atoms with E-state index < -0.39 is 11.6 Å². The average molecular weight is 390 g/mol. The zero-order valence-electron chi connectivity index (χ0n) is 15.8. The Bertz CT molecular complexity index is 1310. The highest BCUT2D eigenvalue weighted by atomic mass is 16.6. The minimum Gasteiger partial charge on any atom is -0.618 e. The van der Waals surface area contributed by atoms with Crippen LogP contribution in [0.4, 0.5) is 0 Å². The number of benzene rings is 1. The zero-order chi connectivity index (χ0) is 20.5. The third-order valence-corrected chi connectivity index (χ3v) is 5.98. The molecule has 3 aromatic rings. The maximum Gasteiger partial charge on any atom is 0.347 e. The quantitative estimate of drug-likeness (QED) is 0.243. The first-order chi connectivity index (χ1) is 13.9. The molecule has 5 rings (SSSR count). The lowest BCUT2D eigenvalue weighted by Gasteiger charge is -2.29. The molecule has 0 bridgehead atoms. The van der Waals surface area contributed by atoms with Crippen molar-refractivity contribution in [1.82, 2.24) is 4.57 Å². The molecule has 0 fully saturated rings. The van der Waals surface area contributed by atoms with Gasteiger partial charge in [0.1, 0.15) is 12.3 Å². The predicted molar refractivity (Wildman–Crippen MR) is 105 cm³/mol. The van der Waals surface area contributed by atoms with Crippen LogP contribution in [0.1, 0.15) is 29.2 Å². The maximum absolute atomic E-state index is 13.3. The Labute approximate surface area is 165 Å². The molecule has 0 amide bonds. The van der Waals surface area contributed by atoms with Gasteiger partial charge in [0.2, 0.25) is 16.8 Å². The van der Waals surface area contributed by atoms with E-state index in [1.807, 2.05) is 19.1 Å². The predicted octanol–water partition coefficient (Wildman–Crippen LogP) is 1.66. The Kier molecular flexibility index (Phi) is 3.51. The van der Waals surface area contributed by atoms with Gasteiger partial charge in [-0.15, -0.1) is 0 Å². The van der Waals surface area contributed by atoms with Crippen LogP contribution in [0.5, 0.6) is 0 Å². The lowest BCUT2D eigenvalue weighted by Crippen LogP contribution is -2.43. The van der Waals surface area contributed by atoms with Gasteiger partial charge in [-0.2, -0.15) is 4.73 Å². The second-order valence-electron chi connectivity index (χ2n) is 7.33. The van der Waals surface area contributed by atoms with Crippen molar-refractivity contribution in [3.05, 3.63) is 80.8 Å². The van der Waals surface area contributed by atoms with Gasteiger partial charge in [0, 0.05) is 11.6 Å². The van der Waals surface area contributed by atoms with Crippen molar-refractivity contribution < 1.29 is 19.4 Å². The second kappa shape index (κ2) is 5.78. The fraction of sp³-hybridized carbons (Fsp3) is 0.227. The molecule has 1 aromatic carbocycles. The van der Waals surface area contributed by atoms with Crippen molar-refractivity contribution in [2.45, 2.75) is 32.1 Å². The lowest BCUT2D eigenvalue weighted by molar-refractivity contribution is -0.565. The van der Waals surface area contributed by atoms with Crippen molar-refractivity contribution in [2.24, 2.45) is 0 Å². The van der Waals surface area contributed by atoms with Crippen molar-refractivity contribution in [1.29, 1.82) is 0 Å². The molecular weight excluding hydrogens is 372 g/mol. The van der Waals surface area contributed by atoms with Crippen LogP contribution in [-0.2, 0) is 34.7 Å². The molecule has 1 N–H and O–H groups in total. The minimum atomic E-state index is -2.12. The number of para-hydroxylation sites is 1. The fourth-order valence-corrected chi connectivity index (χ4v) is 4.52. The summed E-state index contributed by atoms with van der Waals surface area (Å²) in [6.45, 7) is 5.58. The van der Waals surface area contributed by atoms with Crippen molar-refractivity contribution in [3.8, 4) is 11.4 Å². The molecule has 0 saturated heterocycles. The molecule has 1 atom stereocenters. The van der Waals surface area contributed by atoms with E-state index in [1.165, 1.54) is 4.57 Å². The Morgan fingerprint density at radius 2 is 2.10 bits per heavy atom. The van der Waals surface area contributed by atoms with Gasteiger partial charge < -0.3 is 15.1 Å². The highest BCUT2D eigenvalue weighted by molar-refractivity contribution is 5.87. The number of pyridine rings is 2. The van der Waals surface area contributed by atoms with Gasteiger partial charge in [0.05, 0.1) is 23.1 Å². The topological polar surface area (TPSA) is 95.5 Å². The maximum atomic E-state index is 13.3.